The zero-order valence-electron chi connectivity index (χ0n) is 12.9. The van der Waals surface area contributed by atoms with Gasteiger partial charge in [0.05, 0.1) is 0 Å². The van der Waals surface area contributed by atoms with Crippen molar-refractivity contribution in [2.24, 2.45) is 14.1 Å². The number of aryl methyl sites for hydroxylation is 2. The summed E-state index contributed by atoms with van der Waals surface area (Å²) in [6.07, 6.45) is 4.35. The lowest BCUT2D eigenvalue weighted by atomic mass is 9.99. The third kappa shape index (κ3) is 1.74. The number of nitrogens with zero attached hydrogens (tertiary/aromatic N) is 2. The van der Waals surface area contributed by atoms with Gasteiger partial charge in [0.15, 0.2) is 0 Å². The number of benzene rings is 2. The topological polar surface area (TPSA) is 9.86 Å². The summed E-state index contributed by atoms with van der Waals surface area (Å²) < 4.78 is 4.34. The number of hydrogen-bond acceptors (Lipinski definition) is 0. The van der Waals surface area contributed by atoms with Gasteiger partial charge >= 0.3 is 0 Å². The van der Waals surface area contributed by atoms with Gasteiger partial charge in [-0.1, -0.05) is 43.0 Å². The van der Waals surface area contributed by atoms with Crippen molar-refractivity contribution >= 4 is 27.4 Å². The van der Waals surface area contributed by atoms with E-state index in [1.165, 1.54) is 32.9 Å². The molecule has 0 saturated carbocycles. The monoisotopic (exact) mass is 286 g/mol. The molecule has 0 spiro atoms. The van der Waals surface area contributed by atoms with Crippen LogP contribution in [0.3, 0.4) is 0 Å². The first kappa shape index (κ1) is 13.0. The fourth-order valence-electron chi connectivity index (χ4n) is 3.31. The Bertz CT molecular complexity index is 933. The minimum absolute atomic E-state index is 1.08. The van der Waals surface area contributed by atoms with E-state index in [9.17, 15) is 0 Å². The lowest BCUT2D eigenvalue weighted by Gasteiger charge is -2.03. The van der Waals surface area contributed by atoms with Crippen molar-refractivity contribution in [1.82, 2.24) is 9.13 Å². The number of para-hydroxylation sites is 2. The van der Waals surface area contributed by atoms with Gasteiger partial charge in [-0.05, 0) is 17.7 Å². The standard InChI is InChI=1S/C20H18N2/c1-14(17-12-21(2)19-10-6-4-8-15(17)19)18-13-22(3)20-11-7-5-9-16(18)20/h4-13H,1H2,2-3H3. The Labute approximate surface area is 129 Å². The van der Waals surface area contributed by atoms with Crippen LogP contribution in [-0.4, -0.2) is 9.13 Å². The normalized spacial score (nSPS) is 11.4. The first-order valence-corrected chi connectivity index (χ1v) is 7.44. The summed E-state index contributed by atoms with van der Waals surface area (Å²) in [6, 6.07) is 17.0. The molecule has 0 atom stereocenters. The van der Waals surface area contributed by atoms with Crippen LogP contribution in [0.15, 0.2) is 67.5 Å². The molecule has 2 aromatic heterocycles. The van der Waals surface area contributed by atoms with Crippen LogP contribution in [0, 0.1) is 0 Å². The smallest absolute Gasteiger partial charge is 0.0484 e. The molecule has 0 aliphatic carbocycles. The number of aromatic nitrogens is 2. The van der Waals surface area contributed by atoms with Crippen LogP contribution in [0.25, 0.3) is 27.4 Å². The van der Waals surface area contributed by atoms with Crippen molar-refractivity contribution in [2.75, 3.05) is 0 Å². The molecule has 4 rings (SSSR count). The van der Waals surface area contributed by atoms with Gasteiger partial charge in [-0.15, -0.1) is 0 Å². The lowest BCUT2D eigenvalue weighted by Crippen LogP contribution is -1.85. The fraction of sp³-hybridized carbons (Fsp3) is 0.100. The zero-order valence-corrected chi connectivity index (χ0v) is 12.9. The fourth-order valence-corrected chi connectivity index (χ4v) is 3.31. The van der Waals surface area contributed by atoms with Gasteiger partial charge in [0, 0.05) is 59.4 Å². The molecular formula is C20H18N2. The van der Waals surface area contributed by atoms with E-state index in [4.69, 9.17) is 0 Å². The molecule has 0 unspecified atom stereocenters. The van der Waals surface area contributed by atoms with Gasteiger partial charge in [-0.25, -0.2) is 0 Å². The molecule has 108 valence electrons. The lowest BCUT2D eigenvalue weighted by molar-refractivity contribution is 0.964. The van der Waals surface area contributed by atoms with Crippen LogP contribution in [0.4, 0.5) is 0 Å². The van der Waals surface area contributed by atoms with Gasteiger partial charge in [0.25, 0.3) is 0 Å². The van der Waals surface area contributed by atoms with Crippen LogP contribution in [-0.2, 0) is 14.1 Å². The van der Waals surface area contributed by atoms with Crippen molar-refractivity contribution in [3.8, 4) is 0 Å². The third-order valence-electron chi connectivity index (χ3n) is 4.44. The van der Waals surface area contributed by atoms with Gasteiger partial charge in [-0.3, -0.25) is 0 Å². The van der Waals surface area contributed by atoms with E-state index in [-0.39, 0.29) is 0 Å². The van der Waals surface area contributed by atoms with Gasteiger partial charge < -0.3 is 9.13 Å². The summed E-state index contributed by atoms with van der Waals surface area (Å²) in [5.41, 5.74) is 5.95. The van der Waals surface area contributed by atoms with Gasteiger partial charge in [0.1, 0.15) is 0 Å². The molecule has 2 nitrogen and oxygen atoms in total. The number of rotatable bonds is 2. The van der Waals surface area contributed by atoms with Crippen molar-refractivity contribution in [2.45, 2.75) is 0 Å². The summed E-state index contributed by atoms with van der Waals surface area (Å²) in [5.74, 6) is 0. The second kappa shape index (κ2) is 4.63. The van der Waals surface area contributed by atoms with Crippen LogP contribution in [0.1, 0.15) is 11.1 Å². The molecule has 22 heavy (non-hydrogen) atoms. The number of hydrogen-bond donors (Lipinski definition) is 0. The summed E-state index contributed by atoms with van der Waals surface area (Å²) in [4.78, 5) is 0. The summed E-state index contributed by atoms with van der Waals surface area (Å²) >= 11 is 0. The Morgan fingerprint density at radius 1 is 0.727 bits per heavy atom. The highest BCUT2D eigenvalue weighted by Gasteiger charge is 2.14. The van der Waals surface area contributed by atoms with Crippen LogP contribution in [0.2, 0.25) is 0 Å². The van der Waals surface area contributed by atoms with E-state index in [1.807, 2.05) is 0 Å². The van der Waals surface area contributed by atoms with Crippen LogP contribution in [0.5, 0.6) is 0 Å². The van der Waals surface area contributed by atoms with E-state index < -0.39 is 0 Å². The Morgan fingerprint density at radius 2 is 1.14 bits per heavy atom. The van der Waals surface area contributed by atoms with E-state index >= 15 is 0 Å². The zero-order chi connectivity index (χ0) is 15.3. The Balaban J connectivity index is 1.97. The first-order valence-electron chi connectivity index (χ1n) is 7.44. The predicted molar refractivity (Wildman–Crippen MR) is 94.0 cm³/mol. The molecule has 0 saturated heterocycles. The molecule has 0 fully saturated rings. The maximum Gasteiger partial charge on any atom is 0.0484 e. The quantitative estimate of drug-likeness (QED) is 0.504. The largest absolute Gasteiger partial charge is 0.350 e. The molecule has 4 aromatic rings. The highest BCUT2D eigenvalue weighted by atomic mass is 14.9. The van der Waals surface area contributed by atoms with Crippen molar-refractivity contribution in [1.29, 1.82) is 0 Å². The molecular weight excluding hydrogens is 268 g/mol. The van der Waals surface area contributed by atoms with Gasteiger partial charge in [-0.2, -0.15) is 0 Å². The predicted octanol–water partition coefficient (Wildman–Crippen LogP) is 4.73. The average molecular weight is 286 g/mol. The Hall–Kier alpha value is -2.74. The summed E-state index contributed by atoms with van der Waals surface area (Å²) in [7, 11) is 4.17. The molecule has 0 radical (unpaired) electrons. The molecule has 0 aliphatic heterocycles. The molecule has 0 N–H and O–H groups in total. The Kier molecular flexibility index (Phi) is 2.73. The second-order valence-electron chi connectivity index (χ2n) is 5.82. The second-order valence-corrected chi connectivity index (χ2v) is 5.82. The summed E-state index contributed by atoms with van der Waals surface area (Å²) in [5, 5.41) is 2.51. The highest BCUT2D eigenvalue weighted by molar-refractivity contribution is 6.03. The molecule has 2 heterocycles. The molecule has 0 aliphatic rings. The van der Waals surface area contributed by atoms with E-state index in [0.717, 1.165) is 5.57 Å². The van der Waals surface area contributed by atoms with Crippen LogP contribution < -0.4 is 0 Å². The van der Waals surface area contributed by atoms with Crippen molar-refractivity contribution in [3.63, 3.8) is 0 Å². The van der Waals surface area contributed by atoms with E-state index in [1.54, 1.807) is 0 Å². The molecule has 0 bridgehead atoms. The Morgan fingerprint density at radius 3 is 1.59 bits per heavy atom. The SMILES string of the molecule is C=C(c1cn(C)c2ccccc12)c1cn(C)c2ccccc12. The van der Waals surface area contributed by atoms with Crippen molar-refractivity contribution < 1.29 is 0 Å². The molecule has 0 amide bonds. The molecule has 2 aromatic carbocycles. The number of fused-ring (bicyclic) bond motifs is 2. The van der Waals surface area contributed by atoms with E-state index in [2.05, 4.69) is 90.7 Å². The van der Waals surface area contributed by atoms with Crippen molar-refractivity contribution in [3.05, 3.63) is 78.6 Å². The first-order chi connectivity index (χ1) is 10.7. The maximum atomic E-state index is 4.40. The summed E-state index contributed by atoms with van der Waals surface area (Å²) in [6.45, 7) is 4.40. The highest BCUT2D eigenvalue weighted by Crippen LogP contribution is 2.34. The molecule has 2 heteroatoms. The third-order valence-corrected chi connectivity index (χ3v) is 4.44. The maximum absolute atomic E-state index is 4.40. The minimum atomic E-state index is 1.08. The average Bonchev–Trinajstić information content (AvgIpc) is 3.06. The van der Waals surface area contributed by atoms with Gasteiger partial charge in [0.2, 0.25) is 0 Å². The minimum Gasteiger partial charge on any atom is -0.350 e. The van der Waals surface area contributed by atoms with Crippen LogP contribution >= 0.6 is 0 Å². The van der Waals surface area contributed by atoms with E-state index in [0.29, 0.717) is 0 Å².